The van der Waals surface area contributed by atoms with Gasteiger partial charge in [-0.05, 0) is 57.6 Å². The summed E-state index contributed by atoms with van der Waals surface area (Å²) in [5.74, 6) is 0.699. The molecule has 0 saturated carbocycles. The third-order valence-electron chi connectivity index (χ3n) is 3.03. The molecule has 0 aliphatic carbocycles. The van der Waals surface area contributed by atoms with Crippen LogP contribution >= 0.6 is 0 Å². The van der Waals surface area contributed by atoms with Crippen LogP contribution in [0.25, 0.3) is 0 Å². The summed E-state index contributed by atoms with van der Waals surface area (Å²) >= 11 is 0. The second-order valence-electron chi connectivity index (χ2n) is 5.14. The van der Waals surface area contributed by atoms with Gasteiger partial charge < -0.3 is 15.0 Å². The first-order chi connectivity index (χ1) is 8.90. The molecule has 19 heavy (non-hydrogen) atoms. The van der Waals surface area contributed by atoms with E-state index in [0.29, 0.717) is 6.54 Å². The Balaban J connectivity index is 2.44. The topological polar surface area (TPSA) is 41.6 Å². The maximum absolute atomic E-state index is 11.6. The second kappa shape index (κ2) is 7.14. The highest BCUT2D eigenvalue weighted by Gasteiger charge is 2.06. The first kappa shape index (κ1) is 15.5. The number of nitrogens with one attached hydrogen (secondary N) is 1. The van der Waals surface area contributed by atoms with Crippen LogP contribution in [0.1, 0.15) is 16.7 Å². The van der Waals surface area contributed by atoms with E-state index in [4.69, 9.17) is 4.74 Å². The number of likely N-dealkylation sites (N-methyl/N-ethyl adjacent to an activating group) is 1. The van der Waals surface area contributed by atoms with Crippen LogP contribution in [0, 0.1) is 20.8 Å². The fraction of sp³-hybridized carbons (Fsp3) is 0.533. The molecule has 0 radical (unpaired) electrons. The molecule has 4 nitrogen and oxygen atoms in total. The van der Waals surface area contributed by atoms with Crippen LogP contribution in [0.5, 0.6) is 5.75 Å². The van der Waals surface area contributed by atoms with Crippen molar-refractivity contribution in [2.24, 2.45) is 0 Å². The number of rotatable bonds is 6. The van der Waals surface area contributed by atoms with E-state index in [1.807, 2.05) is 38.9 Å². The molecule has 1 amide bonds. The van der Waals surface area contributed by atoms with E-state index in [-0.39, 0.29) is 12.5 Å². The molecule has 0 spiro atoms. The predicted octanol–water partition coefficient (Wildman–Crippen LogP) is 1.67. The summed E-state index contributed by atoms with van der Waals surface area (Å²) in [5.41, 5.74) is 3.47. The predicted molar refractivity (Wildman–Crippen MR) is 77.7 cm³/mol. The third kappa shape index (κ3) is 5.30. The number of hydrogen-bond acceptors (Lipinski definition) is 3. The molecule has 0 bridgehead atoms. The minimum atomic E-state index is -0.0838. The Bertz CT molecular complexity index is 442. The SMILES string of the molecule is Cc1cc(C)c(OCC(=O)NCCN(C)C)cc1C. The fourth-order valence-corrected chi connectivity index (χ4v) is 1.70. The lowest BCUT2D eigenvalue weighted by Crippen LogP contribution is -2.34. The van der Waals surface area contributed by atoms with Gasteiger partial charge in [0.05, 0.1) is 0 Å². The van der Waals surface area contributed by atoms with Crippen LogP contribution in [-0.4, -0.2) is 44.6 Å². The zero-order chi connectivity index (χ0) is 14.4. The zero-order valence-electron chi connectivity index (χ0n) is 12.5. The number of aryl methyl sites for hydroxylation is 3. The maximum atomic E-state index is 11.6. The lowest BCUT2D eigenvalue weighted by molar-refractivity contribution is -0.123. The van der Waals surface area contributed by atoms with Gasteiger partial charge in [0.1, 0.15) is 5.75 Å². The number of hydrogen-bond donors (Lipinski definition) is 1. The van der Waals surface area contributed by atoms with Gasteiger partial charge in [-0.2, -0.15) is 0 Å². The highest BCUT2D eigenvalue weighted by Crippen LogP contribution is 2.22. The minimum absolute atomic E-state index is 0.0662. The van der Waals surface area contributed by atoms with E-state index in [9.17, 15) is 4.79 Å². The minimum Gasteiger partial charge on any atom is -0.483 e. The molecule has 0 unspecified atom stereocenters. The van der Waals surface area contributed by atoms with Crippen LogP contribution in [0.15, 0.2) is 12.1 Å². The van der Waals surface area contributed by atoms with Crippen molar-refractivity contribution in [1.29, 1.82) is 0 Å². The summed E-state index contributed by atoms with van der Waals surface area (Å²) < 4.78 is 5.57. The Morgan fingerprint density at radius 1 is 1.16 bits per heavy atom. The Morgan fingerprint density at radius 2 is 1.79 bits per heavy atom. The molecule has 0 aliphatic rings. The van der Waals surface area contributed by atoms with Crippen LogP contribution in [0.2, 0.25) is 0 Å². The molecule has 1 aromatic rings. The zero-order valence-corrected chi connectivity index (χ0v) is 12.5. The molecule has 0 saturated heterocycles. The quantitative estimate of drug-likeness (QED) is 0.850. The number of benzene rings is 1. The Hall–Kier alpha value is -1.55. The number of nitrogens with zero attached hydrogens (tertiary/aromatic N) is 1. The van der Waals surface area contributed by atoms with Gasteiger partial charge in [-0.3, -0.25) is 4.79 Å². The van der Waals surface area contributed by atoms with E-state index in [2.05, 4.69) is 18.3 Å². The molecule has 0 aromatic heterocycles. The molecule has 106 valence electrons. The standard InChI is InChI=1S/C15H24N2O2/c1-11-8-13(3)14(9-12(11)2)19-10-15(18)16-6-7-17(4)5/h8-9H,6-7,10H2,1-5H3,(H,16,18). The average Bonchev–Trinajstić information content (AvgIpc) is 2.31. The van der Waals surface area contributed by atoms with Crippen molar-refractivity contribution in [3.8, 4) is 5.75 Å². The summed E-state index contributed by atoms with van der Waals surface area (Å²) in [6.07, 6.45) is 0. The summed E-state index contributed by atoms with van der Waals surface area (Å²) in [7, 11) is 3.95. The largest absolute Gasteiger partial charge is 0.483 e. The summed E-state index contributed by atoms with van der Waals surface area (Å²) in [6.45, 7) is 7.64. The third-order valence-corrected chi connectivity index (χ3v) is 3.03. The lowest BCUT2D eigenvalue weighted by atomic mass is 10.1. The van der Waals surface area contributed by atoms with Crippen molar-refractivity contribution in [2.75, 3.05) is 33.8 Å². The second-order valence-corrected chi connectivity index (χ2v) is 5.14. The van der Waals surface area contributed by atoms with Crippen molar-refractivity contribution in [3.63, 3.8) is 0 Å². The van der Waals surface area contributed by atoms with Gasteiger partial charge in [0.15, 0.2) is 6.61 Å². The molecule has 0 atom stereocenters. The van der Waals surface area contributed by atoms with Crippen molar-refractivity contribution in [3.05, 3.63) is 28.8 Å². The van der Waals surface area contributed by atoms with E-state index in [0.717, 1.165) is 17.9 Å². The van der Waals surface area contributed by atoms with E-state index in [1.165, 1.54) is 11.1 Å². The van der Waals surface area contributed by atoms with Crippen molar-refractivity contribution < 1.29 is 9.53 Å². The first-order valence-electron chi connectivity index (χ1n) is 6.52. The maximum Gasteiger partial charge on any atom is 0.257 e. The molecule has 1 rings (SSSR count). The lowest BCUT2D eigenvalue weighted by Gasteiger charge is -2.13. The van der Waals surface area contributed by atoms with Gasteiger partial charge >= 0.3 is 0 Å². The number of ether oxygens (including phenoxy) is 1. The van der Waals surface area contributed by atoms with Gasteiger partial charge in [0, 0.05) is 13.1 Å². The molecule has 0 heterocycles. The van der Waals surface area contributed by atoms with Crippen LogP contribution in [0.3, 0.4) is 0 Å². The Morgan fingerprint density at radius 3 is 2.42 bits per heavy atom. The van der Waals surface area contributed by atoms with Crippen LogP contribution in [-0.2, 0) is 4.79 Å². The molecular formula is C15H24N2O2. The summed E-state index contributed by atoms with van der Waals surface area (Å²) in [5, 5.41) is 2.82. The molecular weight excluding hydrogens is 240 g/mol. The average molecular weight is 264 g/mol. The molecule has 1 aromatic carbocycles. The number of carbonyl (C=O) groups excluding carboxylic acids is 1. The van der Waals surface area contributed by atoms with Crippen molar-refractivity contribution in [2.45, 2.75) is 20.8 Å². The summed E-state index contributed by atoms with van der Waals surface area (Å²) in [6, 6.07) is 4.06. The van der Waals surface area contributed by atoms with Gasteiger partial charge in [0.2, 0.25) is 0 Å². The highest BCUT2D eigenvalue weighted by atomic mass is 16.5. The van der Waals surface area contributed by atoms with Crippen LogP contribution < -0.4 is 10.1 Å². The molecule has 0 fully saturated rings. The van der Waals surface area contributed by atoms with E-state index in [1.54, 1.807) is 0 Å². The first-order valence-corrected chi connectivity index (χ1v) is 6.52. The normalized spacial score (nSPS) is 10.6. The Labute approximate surface area is 115 Å². The number of amides is 1. The van der Waals surface area contributed by atoms with Crippen molar-refractivity contribution in [1.82, 2.24) is 10.2 Å². The van der Waals surface area contributed by atoms with Gasteiger partial charge in [-0.15, -0.1) is 0 Å². The van der Waals surface area contributed by atoms with E-state index >= 15 is 0 Å². The molecule has 1 N–H and O–H groups in total. The Kier molecular flexibility index (Phi) is 5.83. The summed E-state index contributed by atoms with van der Waals surface area (Å²) in [4.78, 5) is 13.6. The van der Waals surface area contributed by atoms with Gasteiger partial charge in [0.25, 0.3) is 5.91 Å². The highest BCUT2D eigenvalue weighted by molar-refractivity contribution is 5.77. The monoisotopic (exact) mass is 264 g/mol. The smallest absolute Gasteiger partial charge is 0.257 e. The van der Waals surface area contributed by atoms with Crippen LogP contribution in [0.4, 0.5) is 0 Å². The van der Waals surface area contributed by atoms with Crippen molar-refractivity contribution >= 4 is 5.91 Å². The van der Waals surface area contributed by atoms with Gasteiger partial charge in [-0.1, -0.05) is 6.07 Å². The molecule has 4 heteroatoms. The van der Waals surface area contributed by atoms with Gasteiger partial charge in [-0.25, -0.2) is 0 Å². The number of carbonyl (C=O) groups is 1. The molecule has 0 aliphatic heterocycles. The van der Waals surface area contributed by atoms with E-state index < -0.39 is 0 Å². The fourth-order valence-electron chi connectivity index (χ4n) is 1.70.